The summed E-state index contributed by atoms with van der Waals surface area (Å²) in [6, 6.07) is -0.515. The van der Waals surface area contributed by atoms with Gasteiger partial charge in [-0.2, -0.15) is 0 Å². The normalized spacial score (nSPS) is 20.3. The maximum atomic E-state index is 11.6. The van der Waals surface area contributed by atoms with Crippen LogP contribution in [-0.4, -0.2) is 18.6 Å². The molecule has 1 saturated carbocycles. The van der Waals surface area contributed by atoms with Gasteiger partial charge in [0.1, 0.15) is 6.04 Å². The van der Waals surface area contributed by atoms with Crippen molar-refractivity contribution in [3.63, 3.8) is 0 Å². The van der Waals surface area contributed by atoms with Gasteiger partial charge in [-0.15, -0.1) is 0 Å². The quantitative estimate of drug-likeness (QED) is 0.730. The minimum Gasteiger partial charge on any atom is -0.464 e. The molecule has 0 radical (unpaired) electrons. The second kappa shape index (κ2) is 4.97. The first-order valence-electron chi connectivity index (χ1n) is 5.83. The molecule has 1 atom stereocenters. The summed E-state index contributed by atoms with van der Waals surface area (Å²) in [5.74, 6) is 0.315. The van der Waals surface area contributed by atoms with Crippen LogP contribution in [0.3, 0.4) is 0 Å². The van der Waals surface area contributed by atoms with Gasteiger partial charge in [0.15, 0.2) is 0 Å². The molecule has 0 heterocycles. The first-order valence-corrected chi connectivity index (χ1v) is 5.83. The number of carbonyl (C=O) groups excluding carboxylic acids is 1. The Balaban J connectivity index is 2.29. The van der Waals surface area contributed by atoms with Gasteiger partial charge in [0, 0.05) is 0 Å². The molecule has 1 fully saturated rings. The molecule has 0 aromatic rings. The van der Waals surface area contributed by atoms with Gasteiger partial charge < -0.3 is 10.5 Å². The third-order valence-electron chi connectivity index (χ3n) is 3.12. The van der Waals surface area contributed by atoms with Crippen LogP contribution < -0.4 is 5.73 Å². The molecule has 3 heteroatoms. The van der Waals surface area contributed by atoms with E-state index in [-0.39, 0.29) is 11.4 Å². The Morgan fingerprint density at radius 3 is 2.40 bits per heavy atom. The summed E-state index contributed by atoms with van der Waals surface area (Å²) in [6.07, 6.45) is 4.93. The standard InChI is InChI=1S/C12H23NO2/c1-12(2,3)10(13)11(14)15-8-9-6-4-5-7-9/h9-10H,4-8,13H2,1-3H3/t10-/m0/s1. The van der Waals surface area contributed by atoms with Crippen molar-refractivity contribution >= 4 is 5.97 Å². The maximum Gasteiger partial charge on any atom is 0.323 e. The Labute approximate surface area is 92.4 Å². The molecule has 0 aliphatic heterocycles. The van der Waals surface area contributed by atoms with E-state index in [0.29, 0.717) is 12.5 Å². The van der Waals surface area contributed by atoms with Gasteiger partial charge in [-0.25, -0.2) is 0 Å². The Bertz CT molecular complexity index is 214. The third kappa shape index (κ3) is 3.82. The van der Waals surface area contributed by atoms with Gasteiger partial charge in [0.05, 0.1) is 6.61 Å². The minimum absolute atomic E-state index is 0.216. The van der Waals surface area contributed by atoms with Crippen molar-refractivity contribution in [3.05, 3.63) is 0 Å². The highest BCUT2D eigenvalue weighted by atomic mass is 16.5. The van der Waals surface area contributed by atoms with Crippen molar-refractivity contribution in [2.45, 2.75) is 52.5 Å². The fraction of sp³-hybridized carbons (Fsp3) is 0.917. The number of carbonyl (C=O) groups is 1. The fourth-order valence-electron chi connectivity index (χ4n) is 1.82. The van der Waals surface area contributed by atoms with Gasteiger partial charge in [0.25, 0.3) is 0 Å². The lowest BCUT2D eigenvalue weighted by atomic mass is 9.87. The highest BCUT2D eigenvalue weighted by Gasteiger charge is 2.29. The molecular formula is C12H23NO2. The van der Waals surface area contributed by atoms with Crippen LogP contribution in [0.15, 0.2) is 0 Å². The van der Waals surface area contributed by atoms with Gasteiger partial charge in [0.2, 0.25) is 0 Å². The predicted molar refractivity (Wildman–Crippen MR) is 60.3 cm³/mol. The van der Waals surface area contributed by atoms with Crippen molar-refractivity contribution in [2.75, 3.05) is 6.61 Å². The minimum atomic E-state index is -0.515. The highest BCUT2D eigenvalue weighted by molar-refractivity contribution is 5.76. The van der Waals surface area contributed by atoms with E-state index in [1.54, 1.807) is 0 Å². The average Bonchev–Trinajstić information content (AvgIpc) is 2.63. The number of esters is 1. The smallest absolute Gasteiger partial charge is 0.323 e. The first kappa shape index (κ1) is 12.5. The second-order valence-electron chi connectivity index (χ2n) is 5.62. The summed E-state index contributed by atoms with van der Waals surface area (Å²) in [4.78, 5) is 11.6. The van der Waals surface area contributed by atoms with E-state index in [0.717, 1.165) is 0 Å². The molecule has 88 valence electrons. The summed E-state index contributed by atoms with van der Waals surface area (Å²) >= 11 is 0. The molecular weight excluding hydrogens is 190 g/mol. The van der Waals surface area contributed by atoms with Crippen molar-refractivity contribution in [3.8, 4) is 0 Å². The maximum absolute atomic E-state index is 11.6. The van der Waals surface area contributed by atoms with Crippen molar-refractivity contribution in [1.29, 1.82) is 0 Å². The lowest BCUT2D eigenvalue weighted by Crippen LogP contribution is -2.43. The first-order chi connectivity index (χ1) is 6.91. The molecule has 0 aromatic carbocycles. The van der Waals surface area contributed by atoms with Crippen LogP contribution in [0.5, 0.6) is 0 Å². The Morgan fingerprint density at radius 2 is 1.93 bits per heavy atom. The number of hydrogen-bond acceptors (Lipinski definition) is 3. The molecule has 3 nitrogen and oxygen atoms in total. The van der Waals surface area contributed by atoms with E-state index >= 15 is 0 Å². The SMILES string of the molecule is CC(C)(C)[C@@H](N)C(=O)OCC1CCCC1. The van der Waals surface area contributed by atoms with Crippen LogP contribution in [0, 0.1) is 11.3 Å². The third-order valence-corrected chi connectivity index (χ3v) is 3.12. The number of nitrogens with two attached hydrogens (primary N) is 1. The van der Waals surface area contributed by atoms with Crippen LogP contribution in [0.4, 0.5) is 0 Å². The van der Waals surface area contributed by atoms with Crippen molar-refractivity contribution in [2.24, 2.45) is 17.1 Å². The van der Waals surface area contributed by atoms with E-state index in [9.17, 15) is 4.79 Å². The van der Waals surface area contributed by atoms with Gasteiger partial charge in [-0.05, 0) is 24.2 Å². The van der Waals surface area contributed by atoms with Gasteiger partial charge >= 0.3 is 5.97 Å². The number of rotatable bonds is 3. The monoisotopic (exact) mass is 213 g/mol. The van der Waals surface area contributed by atoms with Crippen molar-refractivity contribution in [1.82, 2.24) is 0 Å². The largest absolute Gasteiger partial charge is 0.464 e. The number of ether oxygens (including phenoxy) is 1. The van der Waals surface area contributed by atoms with Crippen molar-refractivity contribution < 1.29 is 9.53 Å². The zero-order valence-electron chi connectivity index (χ0n) is 10.1. The van der Waals surface area contributed by atoms with Crippen LogP contribution in [0.1, 0.15) is 46.5 Å². The molecule has 1 rings (SSSR count). The molecule has 1 aliphatic rings. The van der Waals surface area contributed by atoms with E-state index in [4.69, 9.17) is 10.5 Å². The van der Waals surface area contributed by atoms with Gasteiger partial charge in [-0.1, -0.05) is 33.6 Å². The lowest BCUT2D eigenvalue weighted by molar-refractivity contribution is -0.149. The Kier molecular flexibility index (Phi) is 4.14. The second-order valence-corrected chi connectivity index (χ2v) is 5.62. The molecule has 0 aromatic heterocycles. The van der Waals surface area contributed by atoms with Crippen LogP contribution in [0.2, 0.25) is 0 Å². The topological polar surface area (TPSA) is 52.3 Å². The zero-order chi connectivity index (χ0) is 11.5. The summed E-state index contributed by atoms with van der Waals surface area (Å²) in [5, 5.41) is 0. The summed E-state index contributed by atoms with van der Waals surface area (Å²) in [7, 11) is 0. The van der Waals surface area contributed by atoms with E-state index in [1.807, 2.05) is 20.8 Å². The van der Waals surface area contributed by atoms with Gasteiger partial charge in [-0.3, -0.25) is 4.79 Å². The molecule has 0 saturated heterocycles. The highest BCUT2D eigenvalue weighted by Crippen LogP contribution is 2.25. The molecule has 0 spiro atoms. The van der Waals surface area contributed by atoms with Crippen LogP contribution >= 0.6 is 0 Å². The van der Waals surface area contributed by atoms with E-state index in [2.05, 4.69) is 0 Å². The molecule has 1 aliphatic carbocycles. The Hall–Kier alpha value is -0.570. The Morgan fingerprint density at radius 1 is 1.40 bits per heavy atom. The molecule has 0 bridgehead atoms. The number of hydrogen-bond donors (Lipinski definition) is 1. The summed E-state index contributed by atoms with van der Waals surface area (Å²) < 4.78 is 5.25. The van der Waals surface area contributed by atoms with E-state index in [1.165, 1.54) is 25.7 Å². The predicted octanol–water partition coefficient (Wildman–Crippen LogP) is 2.09. The molecule has 15 heavy (non-hydrogen) atoms. The summed E-state index contributed by atoms with van der Waals surface area (Å²) in [6.45, 7) is 6.42. The zero-order valence-corrected chi connectivity index (χ0v) is 10.1. The molecule has 0 amide bonds. The molecule has 0 unspecified atom stereocenters. The summed E-state index contributed by atoms with van der Waals surface area (Å²) in [5.41, 5.74) is 5.59. The fourth-order valence-corrected chi connectivity index (χ4v) is 1.82. The lowest BCUT2D eigenvalue weighted by Gasteiger charge is -2.25. The van der Waals surface area contributed by atoms with Crippen LogP contribution in [-0.2, 0) is 9.53 Å². The van der Waals surface area contributed by atoms with Crippen LogP contribution in [0.25, 0.3) is 0 Å². The van der Waals surface area contributed by atoms with E-state index < -0.39 is 6.04 Å². The molecule has 2 N–H and O–H groups in total. The average molecular weight is 213 g/mol.